The summed E-state index contributed by atoms with van der Waals surface area (Å²) in [5.74, 6) is 0. The Labute approximate surface area is 145 Å². The Kier molecular flexibility index (Phi) is 4.84. The Morgan fingerprint density at radius 3 is 2.68 bits per heavy atom. The van der Waals surface area contributed by atoms with Gasteiger partial charge in [0.15, 0.2) is 0 Å². The second-order valence-electron chi connectivity index (χ2n) is 5.73. The molecule has 0 bridgehead atoms. The van der Waals surface area contributed by atoms with Gasteiger partial charge < -0.3 is 10.7 Å². The van der Waals surface area contributed by atoms with Crippen LogP contribution in [0.5, 0.6) is 0 Å². The number of unbranched alkanes of at least 4 members (excludes halogenated alkanes) is 1. The van der Waals surface area contributed by atoms with Crippen LogP contribution in [0.4, 0.5) is 0 Å². The first-order chi connectivity index (χ1) is 10.7. The van der Waals surface area contributed by atoms with Crippen LogP contribution in [0.2, 0.25) is 0 Å². The zero-order chi connectivity index (χ0) is 15.5. The van der Waals surface area contributed by atoms with Gasteiger partial charge in [-0.25, -0.2) is 0 Å². The van der Waals surface area contributed by atoms with E-state index < -0.39 is 0 Å². The number of aromatic amines is 1. The van der Waals surface area contributed by atoms with Crippen molar-refractivity contribution in [3.8, 4) is 11.3 Å². The van der Waals surface area contributed by atoms with E-state index in [9.17, 15) is 0 Å². The normalized spacial score (nSPS) is 11.2. The fourth-order valence-corrected chi connectivity index (χ4v) is 3.50. The van der Waals surface area contributed by atoms with Crippen LogP contribution in [0.15, 0.2) is 42.5 Å². The van der Waals surface area contributed by atoms with E-state index in [-0.39, 0.29) is 0 Å². The van der Waals surface area contributed by atoms with Crippen molar-refractivity contribution in [2.24, 2.45) is 5.73 Å². The Bertz CT molecular complexity index is 789. The number of hydrogen-bond donors (Lipinski definition) is 2. The van der Waals surface area contributed by atoms with Crippen molar-refractivity contribution < 1.29 is 0 Å². The van der Waals surface area contributed by atoms with E-state index in [2.05, 4.69) is 77.0 Å². The molecule has 0 radical (unpaired) electrons. The molecule has 1 heterocycles. The van der Waals surface area contributed by atoms with Crippen LogP contribution < -0.4 is 5.73 Å². The predicted octanol–water partition coefficient (Wildman–Crippen LogP) is 5.03. The topological polar surface area (TPSA) is 41.8 Å². The Hall–Kier alpha value is -1.33. The van der Waals surface area contributed by atoms with Gasteiger partial charge in [-0.3, -0.25) is 0 Å². The fourth-order valence-electron chi connectivity index (χ4n) is 3.01. The number of halogens is 1. The molecule has 0 saturated carbocycles. The van der Waals surface area contributed by atoms with Crippen LogP contribution in [0, 0.1) is 10.5 Å². The third-order valence-electron chi connectivity index (χ3n) is 4.16. The summed E-state index contributed by atoms with van der Waals surface area (Å²) in [6, 6.07) is 15.2. The lowest BCUT2D eigenvalue weighted by molar-refractivity contribution is 0.748. The first-order valence-corrected chi connectivity index (χ1v) is 8.84. The lowest BCUT2D eigenvalue weighted by atomic mass is 9.98. The van der Waals surface area contributed by atoms with Gasteiger partial charge in [-0.2, -0.15) is 0 Å². The number of nitrogens with two attached hydrogens (primary N) is 1. The average Bonchev–Trinajstić information content (AvgIpc) is 2.86. The summed E-state index contributed by atoms with van der Waals surface area (Å²) in [4.78, 5) is 3.64. The van der Waals surface area contributed by atoms with Crippen LogP contribution >= 0.6 is 22.6 Å². The molecule has 0 atom stereocenters. The van der Waals surface area contributed by atoms with E-state index in [1.54, 1.807) is 0 Å². The summed E-state index contributed by atoms with van der Waals surface area (Å²) in [5.41, 5.74) is 12.2. The van der Waals surface area contributed by atoms with Gasteiger partial charge in [0, 0.05) is 25.7 Å². The van der Waals surface area contributed by atoms with Crippen LogP contribution in [0.25, 0.3) is 22.2 Å². The zero-order valence-corrected chi connectivity index (χ0v) is 15.0. The molecule has 3 N–H and O–H groups in total. The summed E-state index contributed by atoms with van der Waals surface area (Å²) >= 11 is 2.39. The highest BCUT2D eigenvalue weighted by molar-refractivity contribution is 14.1. The molecule has 2 nitrogen and oxygen atoms in total. The number of H-pyrrole nitrogens is 1. The summed E-state index contributed by atoms with van der Waals surface area (Å²) < 4.78 is 1.28. The Morgan fingerprint density at radius 1 is 1.09 bits per heavy atom. The van der Waals surface area contributed by atoms with Crippen molar-refractivity contribution in [1.29, 1.82) is 0 Å². The summed E-state index contributed by atoms with van der Waals surface area (Å²) in [6.45, 7) is 2.94. The molecule has 3 heteroatoms. The van der Waals surface area contributed by atoms with E-state index in [1.807, 2.05) is 0 Å². The average molecular weight is 404 g/mol. The van der Waals surface area contributed by atoms with Gasteiger partial charge in [-0.15, -0.1) is 0 Å². The highest BCUT2D eigenvalue weighted by atomic mass is 127. The lowest BCUT2D eigenvalue weighted by Gasteiger charge is -2.08. The Balaban J connectivity index is 2.15. The highest BCUT2D eigenvalue weighted by Crippen LogP contribution is 2.33. The molecule has 0 amide bonds. The predicted molar refractivity (Wildman–Crippen MR) is 103 cm³/mol. The smallest absolute Gasteiger partial charge is 0.0500 e. The largest absolute Gasteiger partial charge is 0.354 e. The van der Waals surface area contributed by atoms with E-state index in [1.165, 1.54) is 36.9 Å². The molecule has 22 heavy (non-hydrogen) atoms. The maximum Gasteiger partial charge on any atom is 0.0500 e. The number of fused-ring (bicyclic) bond motifs is 1. The molecule has 2 aromatic carbocycles. The van der Waals surface area contributed by atoms with Gasteiger partial charge in [0.05, 0.1) is 0 Å². The number of hydrogen-bond acceptors (Lipinski definition) is 1. The second-order valence-corrected chi connectivity index (χ2v) is 6.97. The number of rotatable bonds is 5. The monoisotopic (exact) mass is 404 g/mol. The van der Waals surface area contributed by atoms with E-state index in [0.717, 1.165) is 25.8 Å². The molecule has 0 aliphatic rings. The second kappa shape index (κ2) is 6.84. The molecule has 0 spiro atoms. The molecule has 0 aliphatic carbocycles. The molecule has 0 unspecified atom stereocenters. The minimum absolute atomic E-state index is 0.763. The van der Waals surface area contributed by atoms with Gasteiger partial charge in [-0.1, -0.05) is 24.3 Å². The molecule has 3 aromatic rings. The molecule has 114 valence electrons. The lowest BCUT2D eigenvalue weighted by Crippen LogP contribution is -1.99. The van der Waals surface area contributed by atoms with Crippen molar-refractivity contribution in [2.75, 3.05) is 6.54 Å². The van der Waals surface area contributed by atoms with Gasteiger partial charge in [-0.05, 0) is 84.6 Å². The molecule has 3 rings (SSSR count). The van der Waals surface area contributed by atoms with Crippen molar-refractivity contribution in [1.82, 2.24) is 4.98 Å². The maximum atomic E-state index is 5.67. The SMILES string of the molecule is Cc1ccccc1-c1[nH]c2ccc(I)cc2c1CCCCN. The van der Waals surface area contributed by atoms with Crippen molar-refractivity contribution >= 4 is 33.5 Å². The van der Waals surface area contributed by atoms with Crippen LogP contribution in [-0.2, 0) is 6.42 Å². The van der Waals surface area contributed by atoms with Crippen LogP contribution in [0.3, 0.4) is 0 Å². The fraction of sp³-hybridized carbons (Fsp3) is 0.263. The number of aryl methyl sites for hydroxylation is 2. The number of aromatic nitrogens is 1. The zero-order valence-electron chi connectivity index (χ0n) is 12.8. The summed E-state index contributed by atoms with van der Waals surface area (Å²) in [7, 11) is 0. The Morgan fingerprint density at radius 2 is 1.91 bits per heavy atom. The van der Waals surface area contributed by atoms with Crippen LogP contribution in [0.1, 0.15) is 24.0 Å². The molecular formula is C19H21IN2. The van der Waals surface area contributed by atoms with Gasteiger partial charge in [0.1, 0.15) is 0 Å². The summed E-state index contributed by atoms with van der Waals surface area (Å²) in [5, 5.41) is 1.35. The van der Waals surface area contributed by atoms with Gasteiger partial charge in [0.2, 0.25) is 0 Å². The maximum absolute atomic E-state index is 5.67. The first kappa shape index (κ1) is 15.6. The highest BCUT2D eigenvalue weighted by Gasteiger charge is 2.14. The minimum atomic E-state index is 0.763. The van der Waals surface area contributed by atoms with E-state index >= 15 is 0 Å². The molecule has 1 aromatic heterocycles. The molecule has 0 fully saturated rings. The van der Waals surface area contributed by atoms with E-state index in [0.29, 0.717) is 0 Å². The first-order valence-electron chi connectivity index (χ1n) is 7.77. The van der Waals surface area contributed by atoms with Crippen LogP contribution in [-0.4, -0.2) is 11.5 Å². The van der Waals surface area contributed by atoms with Gasteiger partial charge in [0.25, 0.3) is 0 Å². The number of benzene rings is 2. The quantitative estimate of drug-likeness (QED) is 0.455. The van der Waals surface area contributed by atoms with Crippen molar-refractivity contribution in [2.45, 2.75) is 26.2 Å². The number of nitrogens with one attached hydrogen (secondary N) is 1. The molecular weight excluding hydrogens is 383 g/mol. The van der Waals surface area contributed by atoms with Gasteiger partial charge >= 0.3 is 0 Å². The summed E-state index contributed by atoms with van der Waals surface area (Å²) in [6.07, 6.45) is 3.28. The third kappa shape index (κ3) is 3.06. The molecule has 0 aliphatic heterocycles. The minimum Gasteiger partial charge on any atom is -0.354 e. The molecule has 0 saturated heterocycles. The third-order valence-corrected chi connectivity index (χ3v) is 4.83. The van der Waals surface area contributed by atoms with E-state index in [4.69, 9.17) is 5.73 Å². The van der Waals surface area contributed by atoms with Crippen molar-refractivity contribution in [3.63, 3.8) is 0 Å². The standard InChI is InChI=1S/C19H21IN2/c1-13-6-2-3-7-15(13)19-16(8-4-5-11-21)17-12-14(20)9-10-18(17)22-19/h2-3,6-7,9-10,12,22H,4-5,8,11,21H2,1H3. The van der Waals surface area contributed by atoms with Crippen molar-refractivity contribution in [3.05, 3.63) is 57.2 Å².